The Kier molecular flexibility index (Phi) is 12.7. The molecule has 2 aromatic heterocycles. The first-order chi connectivity index (χ1) is 28.5. The normalized spacial score (nSPS) is 10.9. The van der Waals surface area contributed by atoms with Crippen LogP contribution < -0.4 is 37.5 Å². The van der Waals surface area contributed by atoms with Crippen molar-refractivity contribution in [1.82, 2.24) is 19.9 Å². The van der Waals surface area contributed by atoms with Gasteiger partial charge in [0.05, 0.1) is 0 Å². The van der Waals surface area contributed by atoms with Gasteiger partial charge in [-0.3, -0.25) is 0 Å². The van der Waals surface area contributed by atoms with Gasteiger partial charge in [0.25, 0.3) is 0 Å². The summed E-state index contributed by atoms with van der Waals surface area (Å²) in [5.74, 6) is 3.70. The monoisotopic (exact) mass is 774 g/mol. The van der Waals surface area contributed by atoms with Crippen LogP contribution in [0.5, 0.6) is 0 Å². The van der Waals surface area contributed by atoms with Gasteiger partial charge in [0, 0.05) is 0 Å². The van der Waals surface area contributed by atoms with Crippen molar-refractivity contribution in [3.05, 3.63) is 181 Å². The van der Waals surface area contributed by atoms with Gasteiger partial charge in [0.2, 0.25) is 0 Å². The summed E-state index contributed by atoms with van der Waals surface area (Å²) in [4.78, 5) is 19.2. The fourth-order valence-electron chi connectivity index (χ4n) is 6.26. The van der Waals surface area contributed by atoms with Crippen molar-refractivity contribution in [3.8, 4) is 0 Å². The molecule has 58 heavy (non-hydrogen) atoms. The van der Waals surface area contributed by atoms with Gasteiger partial charge in [-0.15, -0.1) is 0 Å². The zero-order chi connectivity index (χ0) is 39.5. The number of rotatable bonds is 14. The quantitative estimate of drug-likeness (QED) is 0.0471. The Bertz CT molecular complexity index is 2340. The number of aromatic nitrogens is 4. The molecule has 0 amide bonds. The maximum absolute atomic E-state index is 4.79. The Balaban J connectivity index is 0.966. The second-order valence-electron chi connectivity index (χ2n) is 13.6. The Morgan fingerprint density at radius 1 is 0.310 bits per heavy atom. The predicted octanol–water partition coefficient (Wildman–Crippen LogP) is 9.49. The van der Waals surface area contributed by atoms with E-state index in [4.69, 9.17) is 19.9 Å². The van der Waals surface area contributed by atoms with Crippen LogP contribution in [0.3, 0.4) is 0 Å². The fourth-order valence-corrected chi connectivity index (χ4v) is 7.55. The summed E-state index contributed by atoms with van der Waals surface area (Å²) in [6.45, 7) is 0. The van der Waals surface area contributed by atoms with E-state index in [1.165, 1.54) is 16.8 Å². The minimum atomic E-state index is 0.492. The number of nitrogens with zero attached hydrogens (tertiary/aromatic N) is 4. The SMILES string of the molecule is [Na][c]1cc(Nc2nc(Nc3ccccc3)cc(Nc3ccccc3)n2)ccc1C=Cc1ccc(Nc2nc(Nc3ccccc3)cc(Nc3ccccc3)n2)c[c]1[Na]. The van der Waals surface area contributed by atoms with E-state index in [2.05, 4.69) is 80.5 Å². The van der Waals surface area contributed by atoms with Crippen molar-refractivity contribution in [2.24, 2.45) is 0 Å². The molecule has 0 saturated carbocycles. The molecule has 0 saturated heterocycles. The Morgan fingerprint density at radius 3 is 0.879 bits per heavy atom. The van der Waals surface area contributed by atoms with Crippen molar-refractivity contribution in [3.63, 3.8) is 0 Å². The summed E-state index contributed by atoms with van der Waals surface area (Å²) < 4.78 is 2.52. The zero-order valence-electron chi connectivity index (χ0n) is 32.1. The van der Waals surface area contributed by atoms with Crippen molar-refractivity contribution < 1.29 is 0 Å². The van der Waals surface area contributed by atoms with Crippen LogP contribution in [0.15, 0.2) is 170 Å². The second-order valence-corrected chi connectivity index (χ2v) is 15.8. The Labute approximate surface area is 372 Å². The summed E-state index contributed by atoms with van der Waals surface area (Å²) in [6, 6.07) is 56.6. The van der Waals surface area contributed by atoms with Gasteiger partial charge in [-0.25, -0.2) is 0 Å². The van der Waals surface area contributed by atoms with Gasteiger partial charge in [-0.2, -0.15) is 0 Å². The fraction of sp³-hybridized carbons (Fsp3) is 0. The molecule has 0 fully saturated rings. The van der Waals surface area contributed by atoms with Crippen molar-refractivity contribution in [1.29, 1.82) is 0 Å². The number of hydrogen-bond donors (Lipinski definition) is 6. The molecule has 8 aromatic rings. The first kappa shape index (κ1) is 38.9. The second kappa shape index (κ2) is 19.0. The first-order valence-electron chi connectivity index (χ1n) is 19.0. The molecule has 272 valence electrons. The molecule has 2 heterocycles. The minimum absolute atomic E-state index is 0.492. The first-order valence-corrected chi connectivity index (χ1v) is 21.0. The van der Waals surface area contributed by atoms with Crippen LogP contribution in [0.4, 0.5) is 69.3 Å². The molecule has 0 aliphatic carbocycles. The van der Waals surface area contributed by atoms with Crippen LogP contribution in [-0.2, 0) is 0 Å². The van der Waals surface area contributed by atoms with E-state index in [0.29, 0.717) is 35.2 Å². The molecule has 0 aliphatic rings. The van der Waals surface area contributed by atoms with Gasteiger partial charge >= 0.3 is 376 Å². The molecule has 0 radical (unpaired) electrons. The third-order valence-electron chi connectivity index (χ3n) is 9.13. The maximum atomic E-state index is 4.79. The topological polar surface area (TPSA) is 124 Å². The van der Waals surface area contributed by atoms with Crippen molar-refractivity contribution in [2.45, 2.75) is 0 Å². The predicted molar refractivity (Wildman–Crippen MR) is 242 cm³/mol. The molecule has 6 N–H and O–H groups in total. The summed E-state index contributed by atoms with van der Waals surface area (Å²) >= 11 is 1.73. The molecular weight excluding hydrogens is 739 g/mol. The Hall–Kier alpha value is -5.98. The van der Waals surface area contributed by atoms with Gasteiger partial charge in [-0.1, -0.05) is 0 Å². The summed E-state index contributed by atoms with van der Waals surface area (Å²) in [5.41, 5.74) is 8.00. The molecule has 10 nitrogen and oxygen atoms in total. The molecule has 0 atom stereocenters. The number of hydrogen-bond acceptors (Lipinski definition) is 10. The van der Waals surface area contributed by atoms with E-state index in [-0.39, 0.29) is 0 Å². The van der Waals surface area contributed by atoms with E-state index in [1.54, 1.807) is 0 Å². The summed E-state index contributed by atoms with van der Waals surface area (Å²) in [6.07, 6.45) is 4.39. The molecule has 0 bridgehead atoms. The average molecular weight is 775 g/mol. The van der Waals surface area contributed by atoms with Gasteiger partial charge < -0.3 is 0 Å². The van der Waals surface area contributed by atoms with Crippen LogP contribution in [-0.4, -0.2) is 75.8 Å². The molecule has 8 rings (SSSR count). The van der Waals surface area contributed by atoms with E-state index in [1.807, 2.05) is 133 Å². The molecule has 6 aromatic carbocycles. The zero-order valence-corrected chi connectivity index (χ0v) is 36.1. The molecule has 0 unspecified atom stereocenters. The molecule has 12 heteroatoms. The number of nitrogens with one attached hydrogen (secondary N) is 6. The van der Waals surface area contributed by atoms with E-state index in [0.717, 1.165) is 90.0 Å². The van der Waals surface area contributed by atoms with E-state index < -0.39 is 0 Å². The van der Waals surface area contributed by atoms with Gasteiger partial charge in [0.15, 0.2) is 0 Å². The van der Waals surface area contributed by atoms with Crippen molar-refractivity contribution >= 4 is 143 Å². The summed E-state index contributed by atoms with van der Waals surface area (Å²) in [7, 11) is 0. The van der Waals surface area contributed by atoms with Crippen LogP contribution in [0.2, 0.25) is 0 Å². The number of anilines is 12. The van der Waals surface area contributed by atoms with Crippen molar-refractivity contribution in [2.75, 3.05) is 31.9 Å². The standard InChI is InChI=1S/C46H36N10.2Na/c1-5-13-35(14-6-1)47-41-31-42(48-36-15-7-2-8-16-36)54-45(53-41)51-39-27-23-33(24-28-39)21-22-34-25-29-40(30-26-34)52-46-55-43(49-37-17-9-3-10-18-37)32-44(56-46)50-38-19-11-4-12-20-38;;/h1-23,25,27-32H,(H3,47,48,51,53,54)(H3,49,50,52,55,56);;. The summed E-state index contributed by atoms with van der Waals surface area (Å²) in [5, 5.41) is 20.5. The van der Waals surface area contributed by atoms with Crippen LogP contribution in [0, 0.1) is 0 Å². The third-order valence-corrected chi connectivity index (χ3v) is 10.9. The van der Waals surface area contributed by atoms with Gasteiger partial charge in [0.1, 0.15) is 0 Å². The van der Waals surface area contributed by atoms with E-state index in [9.17, 15) is 0 Å². The van der Waals surface area contributed by atoms with Crippen LogP contribution in [0.25, 0.3) is 12.2 Å². The van der Waals surface area contributed by atoms with Crippen LogP contribution in [0.1, 0.15) is 11.1 Å². The average Bonchev–Trinajstić information content (AvgIpc) is 3.22. The van der Waals surface area contributed by atoms with Crippen LogP contribution >= 0.6 is 0 Å². The third kappa shape index (κ3) is 10.9. The Morgan fingerprint density at radius 2 is 0.603 bits per heavy atom. The van der Waals surface area contributed by atoms with E-state index >= 15 is 0 Å². The number of benzene rings is 6. The molecule has 0 spiro atoms. The number of para-hydroxylation sites is 4. The molecule has 0 aliphatic heterocycles. The molecular formula is C46H36N10Na2. The van der Waals surface area contributed by atoms with Gasteiger partial charge in [-0.05, 0) is 0 Å².